The fourth-order valence-corrected chi connectivity index (χ4v) is 3.19. The van der Waals surface area contributed by atoms with Gasteiger partial charge in [0.2, 0.25) is 11.8 Å². The minimum absolute atomic E-state index is 0.0119. The molecular weight excluding hydrogens is 348 g/mol. The smallest absolute Gasteiger partial charge is 0.243 e. The van der Waals surface area contributed by atoms with Crippen molar-refractivity contribution in [3.05, 3.63) is 71.3 Å². The van der Waals surface area contributed by atoms with Crippen molar-refractivity contribution < 1.29 is 9.59 Å². The van der Waals surface area contributed by atoms with Crippen molar-refractivity contribution in [1.29, 1.82) is 0 Å². The number of hydrogen-bond acceptors (Lipinski definition) is 2. The zero-order valence-electron chi connectivity index (χ0n) is 17.4. The first-order valence-electron chi connectivity index (χ1n) is 10.1. The highest BCUT2D eigenvalue weighted by Crippen LogP contribution is 2.16. The van der Waals surface area contributed by atoms with E-state index in [4.69, 9.17) is 0 Å². The van der Waals surface area contributed by atoms with Crippen LogP contribution in [-0.4, -0.2) is 29.3 Å². The van der Waals surface area contributed by atoms with Gasteiger partial charge in [-0.3, -0.25) is 9.59 Å². The highest BCUT2D eigenvalue weighted by atomic mass is 16.2. The van der Waals surface area contributed by atoms with Crippen LogP contribution in [0, 0.1) is 12.8 Å². The third-order valence-electron chi connectivity index (χ3n) is 4.69. The number of aryl methyl sites for hydroxylation is 1. The topological polar surface area (TPSA) is 49.4 Å². The lowest BCUT2D eigenvalue weighted by molar-refractivity contribution is -0.141. The Morgan fingerprint density at radius 1 is 1.00 bits per heavy atom. The molecule has 0 fully saturated rings. The molecule has 0 aliphatic carbocycles. The molecule has 0 bridgehead atoms. The van der Waals surface area contributed by atoms with Gasteiger partial charge in [-0.2, -0.15) is 0 Å². The molecule has 2 rings (SSSR count). The zero-order chi connectivity index (χ0) is 20.5. The van der Waals surface area contributed by atoms with Crippen molar-refractivity contribution in [2.75, 3.05) is 6.54 Å². The zero-order valence-corrected chi connectivity index (χ0v) is 17.4. The Hall–Kier alpha value is -2.62. The van der Waals surface area contributed by atoms with Gasteiger partial charge < -0.3 is 10.2 Å². The van der Waals surface area contributed by atoms with Crippen LogP contribution in [0.2, 0.25) is 0 Å². The van der Waals surface area contributed by atoms with E-state index < -0.39 is 6.04 Å². The number of carbonyl (C=O) groups excluding carboxylic acids is 2. The molecule has 1 atom stereocenters. The highest BCUT2D eigenvalue weighted by Gasteiger charge is 2.29. The van der Waals surface area contributed by atoms with Crippen LogP contribution in [0.4, 0.5) is 0 Å². The first-order valence-corrected chi connectivity index (χ1v) is 10.1. The molecule has 0 saturated carbocycles. The maximum Gasteiger partial charge on any atom is 0.243 e. The molecule has 0 saturated heterocycles. The van der Waals surface area contributed by atoms with Crippen LogP contribution >= 0.6 is 0 Å². The van der Waals surface area contributed by atoms with Gasteiger partial charge >= 0.3 is 0 Å². The van der Waals surface area contributed by atoms with Crippen LogP contribution in [-0.2, 0) is 22.6 Å². The second-order valence-corrected chi connectivity index (χ2v) is 7.71. The first kappa shape index (κ1) is 21.7. The number of nitrogens with one attached hydrogen (secondary N) is 1. The molecule has 28 heavy (non-hydrogen) atoms. The highest BCUT2D eigenvalue weighted by molar-refractivity contribution is 5.87. The Labute approximate surface area is 169 Å². The molecule has 0 aromatic heterocycles. The lowest BCUT2D eigenvalue weighted by atomic mass is 10.0. The van der Waals surface area contributed by atoms with E-state index >= 15 is 0 Å². The maximum atomic E-state index is 13.1. The molecule has 4 heteroatoms. The van der Waals surface area contributed by atoms with E-state index in [0.29, 0.717) is 31.8 Å². The minimum Gasteiger partial charge on any atom is -0.354 e. The van der Waals surface area contributed by atoms with Crippen molar-refractivity contribution in [2.45, 2.75) is 53.1 Å². The molecule has 0 spiro atoms. The van der Waals surface area contributed by atoms with Gasteiger partial charge in [0.1, 0.15) is 6.04 Å². The molecule has 1 N–H and O–H groups in total. The van der Waals surface area contributed by atoms with Gasteiger partial charge in [-0.25, -0.2) is 0 Å². The molecule has 150 valence electrons. The van der Waals surface area contributed by atoms with Gasteiger partial charge in [0, 0.05) is 25.9 Å². The Morgan fingerprint density at radius 3 is 2.29 bits per heavy atom. The fourth-order valence-electron chi connectivity index (χ4n) is 3.19. The molecule has 2 amide bonds. The van der Waals surface area contributed by atoms with Gasteiger partial charge in [-0.05, 0) is 24.0 Å². The number of benzene rings is 2. The first-order chi connectivity index (χ1) is 13.4. The summed E-state index contributed by atoms with van der Waals surface area (Å²) < 4.78 is 0. The third-order valence-corrected chi connectivity index (χ3v) is 4.69. The number of amides is 2. The van der Waals surface area contributed by atoms with Crippen molar-refractivity contribution in [3.8, 4) is 0 Å². The van der Waals surface area contributed by atoms with E-state index in [2.05, 4.69) is 25.2 Å². The predicted octanol–water partition coefficient (Wildman–Crippen LogP) is 4.12. The van der Waals surface area contributed by atoms with Gasteiger partial charge in [0.05, 0.1) is 0 Å². The molecule has 4 nitrogen and oxygen atoms in total. The Balaban J connectivity index is 2.32. The summed E-state index contributed by atoms with van der Waals surface area (Å²) in [7, 11) is 0. The molecule has 0 aliphatic rings. The monoisotopic (exact) mass is 380 g/mol. The van der Waals surface area contributed by atoms with E-state index in [1.54, 1.807) is 4.90 Å². The third kappa shape index (κ3) is 6.52. The van der Waals surface area contributed by atoms with E-state index in [9.17, 15) is 9.59 Å². The van der Waals surface area contributed by atoms with E-state index in [1.807, 2.05) is 62.4 Å². The predicted molar refractivity (Wildman–Crippen MR) is 114 cm³/mol. The fraction of sp³-hybridized carbons (Fsp3) is 0.417. The average molecular weight is 381 g/mol. The van der Waals surface area contributed by atoms with Crippen molar-refractivity contribution in [1.82, 2.24) is 10.2 Å². The molecule has 0 aliphatic heterocycles. The molecular formula is C24H32N2O2. The van der Waals surface area contributed by atoms with Crippen LogP contribution in [0.3, 0.4) is 0 Å². The van der Waals surface area contributed by atoms with Crippen LogP contribution in [0.15, 0.2) is 54.6 Å². The summed E-state index contributed by atoms with van der Waals surface area (Å²) in [6.07, 6.45) is 0.872. The Morgan fingerprint density at radius 2 is 1.68 bits per heavy atom. The Kier molecular flexibility index (Phi) is 8.24. The number of hydrogen-bond donors (Lipinski definition) is 1. The van der Waals surface area contributed by atoms with Crippen molar-refractivity contribution in [3.63, 3.8) is 0 Å². The van der Waals surface area contributed by atoms with Gasteiger partial charge in [-0.1, -0.05) is 80.9 Å². The largest absolute Gasteiger partial charge is 0.354 e. The van der Waals surface area contributed by atoms with E-state index in [0.717, 1.165) is 16.7 Å². The summed E-state index contributed by atoms with van der Waals surface area (Å²) in [5.74, 6) is 0.252. The summed E-state index contributed by atoms with van der Waals surface area (Å²) in [6, 6.07) is 17.5. The van der Waals surface area contributed by atoms with E-state index in [1.165, 1.54) is 0 Å². The second kappa shape index (κ2) is 10.6. The SMILES string of the molecule is CCC(=O)N(Cc1cccc(C)c1)[C@H](Cc1ccccc1)C(=O)NCC(C)C. The number of rotatable bonds is 9. The van der Waals surface area contributed by atoms with Crippen molar-refractivity contribution in [2.24, 2.45) is 5.92 Å². The normalized spacial score (nSPS) is 11.9. The van der Waals surface area contributed by atoms with E-state index in [-0.39, 0.29) is 11.8 Å². The standard InChI is InChI=1S/C24H32N2O2/c1-5-23(27)26(17-21-13-9-10-19(4)14-21)22(24(28)25-16-18(2)3)15-20-11-7-6-8-12-20/h6-14,18,22H,5,15-17H2,1-4H3,(H,25,28)/t22-/m1/s1. The van der Waals surface area contributed by atoms with Crippen LogP contribution in [0.1, 0.15) is 43.9 Å². The molecule has 2 aromatic rings. The van der Waals surface area contributed by atoms with Crippen molar-refractivity contribution >= 4 is 11.8 Å². The summed E-state index contributed by atoms with van der Waals surface area (Å²) in [4.78, 5) is 27.6. The van der Waals surface area contributed by atoms with Crippen LogP contribution in [0.5, 0.6) is 0 Å². The minimum atomic E-state index is -0.533. The maximum absolute atomic E-state index is 13.1. The lowest BCUT2D eigenvalue weighted by Crippen LogP contribution is -2.50. The average Bonchev–Trinajstić information content (AvgIpc) is 2.69. The molecule has 0 heterocycles. The summed E-state index contributed by atoms with van der Waals surface area (Å²) in [5.41, 5.74) is 3.23. The number of carbonyl (C=O) groups is 2. The molecule has 0 radical (unpaired) electrons. The van der Waals surface area contributed by atoms with Gasteiger partial charge in [0.25, 0.3) is 0 Å². The van der Waals surface area contributed by atoms with Crippen LogP contribution in [0.25, 0.3) is 0 Å². The summed E-state index contributed by atoms with van der Waals surface area (Å²) in [6.45, 7) is 9.04. The molecule has 2 aromatic carbocycles. The van der Waals surface area contributed by atoms with Gasteiger partial charge in [0.15, 0.2) is 0 Å². The number of nitrogens with zero attached hydrogens (tertiary/aromatic N) is 1. The summed E-state index contributed by atoms with van der Waals surface area (Å²) >= 11 is 0. The second-order valence-electron chi connectivity index (χ2n) is 7.71. The van der Waals surface area contributed by atoms with Crippen LogP contribution < -0.4 is 5.32 Å². The summed E-state index contributed by atoms with van der Waals surface area (Å²) in [5, 5.41) is 3.03. The molecule has 0 unspecified atom stereocenters. The lowest BCUT2D eigenvalue weighted by Gasteiger charge is -2.31. The quantitative estimate of drug-likeness (QED) is 0.711. The Bertz CT molecular complexity index is 771. The van der Waals surface area contributed by atoms with Gasteiger partial charge in [-0.15, -0.1) is 0 Å².